The monoisotopic (exact) mass is 403 g/mol. The SMILES string of the molecule is C[C@H](OC(=O)COc1ccc2c(c1)CCC2)/C(O)=C(\C#N)c1nc2ccccc2[nH]1. The number of carbonyl (C=O) groups excluding carboxylic acids is 1. The number of hydrogen-bond donors (Lipinski definition) is 2. The zero-order chi connectivity index (χ0) is 21.1. The predicted molar refractivity (Wildman–Crippen MR) is 111 cm³/mol. The van der Waals surface area contributed by atoms with E-state index < -0.39 is 12.1 Å². The predicted octanol–water partition coefficient (Wildman–Crippen LogP) is 3.85. The molecule has 3 aromatic rings. The summed E-state index contributed by atoms with van der Waals surface area (Å²) in [7, 11) is 0. The zero-order valence-corrected chi connectivity index (χ0v) is 16.5. The quantitative estimate of drug-likeness (QED) is 0.368. The summed E-state index contributed by atoms with van der Waals surface area (Å²) in [6.45, 7) is 1.20. The van der Waals surface area contributed by atoms with E-state index in [4.69, 9.17) is 9.47 Å². The maximum atomic E-state index is 12.2. The molecule has 0 unspecified atom stereocenters. The van der Waals surface area contributed by atoms with Crippen LogP contribution in [0.2, 0.25) is 0 Å². The van der Waals surface area contributed by atoms with Gasteiger partial charge in [0.05, 0.1) is 11.0 Å². The van der Waals surface area contributed by atoms with E-state index in [2.05, 4.69) is 9.97 Å². The van der Waals surface area contributed by atoms with E-state index in [1.165, 1.54) is 18.1 Å². The van der Waals surface area contributed by atoms with E-state index in [0.717, 1.165) is 24.8 Å². The minimum Gasteiger partial charge on any atom is -0.507 e. The number of carbonyl (C=O) groups is 1. The maximum Gasteiger partial charge on any atom is 0.344 e. The number of hydrogen-bond acceptors (Lipinski definition) is 6. The Hall–Kier alpha value is -3.79. The number of aromatic nitrogens is 2. The van der Waals surface area contributed by atoms with Crippen LogP contribution in [0.4, 0.5) is 0 Å². The van der Waals surface area contributed by atoms with Gasteiger partial charge in [-0.3, -0.25) is 0 Å². The highest BCUT2D eigenvalue weighted by molar-refractivity contribution is 5.83. The van der Waals surface area contributed by atoms with Crippen LogP contribution in [0, 0.1) is 11.3 Å². The Labute approximate surface area is 173 Å². The van der Waals surface area contributed by atoms with Gasteiger partial charge in [-0.1, -0.05) is 18.2 Å². The first kappa shape index (κ1) is 19.5. The van der Waals surface area contributed by atoms with Gasteiger partial charge >= 0.3 is 5.97 Å². The summed E-state index contributed by atoms with van der Waals surface area (Å²) in [6.07, 6.45) is 2.21. The number of para-hydroxylation sites is 2. The fraction of sp³-hybridized carbons (Fsp3) is 0.261. The molecule has 1 aromatic heterocycles. The molecular weight excluding hydrogens is 382 g/mol. The van der Waals surface area contributed by atoms with Crippen LogP contribution in [-0.4, -0.2) is 33.8 Å². The number of aliphatic hydroxyl groups excluding tert-OH is 1. The van der Waals surface area contributed by atoms with Crippen LogP contribution >= 0.6 is 0 Å². The number of ether oxygens (including phenoxy) is 2. The Morgan fingerprint density at radius 1 is 1.27 bits per heavy atom. The fourth-order valence-corrected chi connectivity index (χ4v) is 3.57. The molecule has 1 heterocycles. The molecule has 0 bridgehead atoms. The molecule has 2 aromatic carbocycles. The number of allylic oxidation sites excluding steroid dienone is 1. The lowest BCUT2D eigenvalue weighted by Crippen LogP contribution is -2.23. The first-order valence-electron chi connectivity index (χ1n) is 9.77. The van der Waals surface area contributed by atoms with Crippen molar-refractivity contribution in [1.82, 2.24) is 9.97 Å². The van der Waals surface area contributed by atoms with Crippen LogP contribution in [0.1, 0.15) is 30.3 Å². The summed E-state index contributed by atoms with van der Waals surface area (Å²) in [6, 6.07) is 15.0. The van der Waals surface area contributed by atoms with Crippen molar-refractivity contribution in [3.05, 3.63) is 65.2 Å². The number of aryl methyl sites for hydroxylation is 2. The van der Waals surface area contributed by atoms with Crippen LogP contribution in [0.25, 0.3) is 16.6 Å². The van der Waals surface area contributed by atoms with E-state index in [1.54, 1.807) is 6.07 Å². The van der Waals surface area contributed by atoms with E-state index in [0.29, 0.717) is 11.3 Å². The third-order valence-corrected chi connectivity index (χ3v) is 5.11. The molecule has 30 heavy (non-hydrogen) atoms. The van der Waals surface area contributed by atoms with Gasteiger partial charge in [0.2, 0.25) is 0 Å². The number of benzene rings is 2. The largest absolute Gasteiger partial charge is 0.507 e. The van der Waals surface area contributed by atoms with Gasteiger partial charge < -0.3 is 19.6 Å². The van der Waals surface area contributed by atoms with Gasteiger partial charge in [-0.15, -0.1) is 0 Å². The summed E-state index contributed by atoms with van der Waals surface area (Å²) in [5, 5.41) is 20.0. The number of rotatable bonds is 6. The Morgan fingerprint density at radius 2 is 2.07 bits per heavy atom. The molecule has 0 saturated carbocycles. The van der Waals surface area contributed by atoms with Crippen molar-refractivity contribution in [3.8, 4) is 11.8 Å². The second-order valence-electron chi connectivity index (χ2n) is 7.18. The summed E-state index contributed by atoms with van der Waals surface area (Å²) in [5.41, 5.74) is 3.90. The Morgan fingerprint density at radius 3 is 2.87 bits per heavy atom. The number of aromatic amines is 1. The van der Waals surface area contributed by atoms with Crippen LogP contribution in [0.5, 0.6) is 5.75 Å². The Kier molecular flexibility index (Phi) is 5.40. The highest BCUT2D eigenvalue weighted by atomic mass is 16.6. The van der Waals surface area contributed by atoms with Crippen molar-refractivity contribution in [3.63, 3.8) is 0 Å². The number of nitrogens with one attached hydrogen (secondary N) is 1. The molecule has 0 radical (unpaired) electrons. The first-order chi connectivity index (χ1) is 14.5. The van der Waals surface area contributed by atoms with E-state index in [-0.39, 0.29) is 23.8 Å². The molecule has 0 fully saturated rings. The molecule has 4 rings (SSSR count). The van der Waals surface area contributed by atoms with Gasteiger partial charge in [-0.05, 0) is 61.6 Å². The van der Waals surface area contributed by atoms with Gasteiger partial charge in [0, 0.05) is 0 Å². The van der Waals surface area contributed by atoms with Gasteiger partial charge in [0.1, 0.15) is 17.4 Å². The highest BCUT2D eigenvalue weighted by Crippen LogP contribution is 2.26. The number of H-pyrrole nitrogens is 1. The number of imidazole rings is 1. The lowest BCUT2D eigenvalue weighted by atomic mass is 10.1. The molecule has 0 saturated heterocycles. The van der Waals surface area contributed by atoms with Crippen molar-refractivity contribution < 1.29 is 19.4 Å². The summed E-state index contributed by atoms with van der Waals surface area (Å²) in [4.78, 5) is 19.5. The molecule has 2 N–H and O–H groups in total. The normalized spacial score (nSPS) is 14.5. The number of fused-ring (bicyclic) bond motifs is 2. The second kappa shape index (κ2) is 8.29. The van der Waals surface area contributed by atoms with E-state index >= 15 is 0 Å². The summed E-state index contributed by atoms with van der Waals surface area (Å²) >= 11 is 0. The molecular formula is C23H21N3O4. The maximum absolute atomic E-state index is 12.2. The average molecular weight is 403 g/mol. The third kappa shape index (κ3) is 3.98. The van der Waals surface area contributed by atoms with Gasteiger partial charge in [-0.2, -0.15) is 5.26 Å². The van der Waals surface area contributed by atoms with Crippen LogP contribution in [0.15, 0.2) is 48.2 Å². The van der Waals surface area contributed by atoms with Gasteiger partial charge in [-0.25, -0.2) is 9.78 Å². The minimum atomic E-state index is -1.02. The van der Waals surface area contributed by atoms with E-state index in [9.17, 15) is 15.2 Å². The fourth-order valence-electron chi connectivity index (χ4n) is 3.57. The molecule has 0 amide bonds. The molecule has 1 aliphatic rings. The van der Waals surface area contributed by atoms with Crippen molar-refractivity contribution in [2.45, 2.75) is 32.3 Å². The van der Waals surface area contributed by atoms with Crippen LogP contribution in [0.3, 0.4) is 0 Å². The molecule has 1 atom stereocenters. The smallest absolute Gasteiger partial charge is 0.344 e. The standard InChI is InChI=1S/C23H21N3O4/c1-14(22(28)18(12-24)23-25-19-7-2-3-8-20(19)26-23)30-21(27)13-29-17-10-9-15-5-4-6-16(15)11-17/h2-3,7-11,14,28H,4-6,13H2,1H3,(H,25,26)/b22-18-/t14-/m0/s1. The number of nitriles is 1. The third-order valence-electron chi connectivity index (χ3n) is 5.11. The number of esters is 1. The van der Waals surface area contributed by atoms with Crippen LogP contribution < -0.4 is 4.74 Å². The van der Waals surface area contributed by atoms with E-state index in [1.807, 2.05) is 42.5 Å². The Balaban J connectivity index is 1.41. The molecule has 7 heteroatoms. The Bertz CT molecular complexity index is 1140. The molecule has 0 aliphatic heterocycles. The molecule has 152 valence electrons. The van der Waals surface area contributed by atoms with Crippen molar-refractivity contribution >= 4 is 22.6 Å². The lowest BCUT2D eigenvalue weighted by molar-refractivity contribution is -0.150. The highest BCUT2D eigenvalue weighted by Gasteiger charge is 2.21. The minimum absolute atomic E-state index is 0.0777. The molecule has 7 nitrogen and oxygen atoms in total. The topological polar surface area (TPSA) is 108 Å². The average Bonchev–Trinajstić information content (AvgIpc) is 3.38. The second-order valence-corrected chi connectivity index (χ2v) is 7.18. The van der Waals surface area contributed by atoms with Crippen molar-refractivity contribution in [2.75, 3.05) is 6.61 Å². The number of nitrogens with zero attached hydrogens (tertiary/aromatic N) is 2. The van der Waals surface area contributed by atoms with Gasteiger partial charge in [0.25, 0.3) is 0 Å². The van der Waals surface area contributed by atoms with Crippen molar-refractivity contribution in [2.24, 2.45) is 0 Å². The molecule has 0 spiro atoms. The summed E-state index contributed by atoms with van der Waals surface area (Å²) in [5.74, 6) is -0.188. The van der Waals surface area contributed by atoms with Crippen LogP contribution in [-0.2, 0) is 22.4 Å². The first-order valence-corrected chi connectivity index (χ1v) is 9.77. The zero-order valence-electron chi connectivity index (χ0n) is 16.5. The number of aliphatic hydroxyl groups is 1. The van der Waals surface area contributed by atoms with Gasteiger partial charge in [0.15, 0.2) is 24.3 Å². The lowest BCUT2D eigenvalue weighted by Gasteiger charge is -2.14. The van der Waals surface area contributed by atoms with Crippen molar-refractivity contribution in [1.29, 1.82) is 5.26 Å². The molecule has 1 aliphatic carbocycles. The summed E-state index contributed by atoms with van der Waals surface area (Å²) < 4.78 is 10.8.